The molecule has 142 valence electrons. The van der Waals surface area contributed by atoms with Crippen LogP contribution < -0.4 is 0 Å². The van der Waals surface area contributed by atoms with Crippen molar-refractivity contribution in [3.63, 3.8) is 0 Å². The van der Waals surface area contributed by atoms with Crippen molar-refractivity contribution in [3.05, 3.63) is 89.0 Å². The predicted molar refractivity (Wildman–Crippen MR) is 116 cm³/mol. The third-order valence-electron chi connectivity index (χ3n) is 5.66. The first-order chi connectivity index (χ1) is 13.3. The summed E-state index contributed by atoms with van der Waals surface area (Å²) in [6.45, 7) is 5.48. The highest BCUT2D eigenvalue weighted by molar-refractivity contribution is 5.49. The van der Waals surface area contributed by atoms with Crippen LogP contribution in [0.2, 0.25) is 0 Å². The average molecular weight is 361 g/mol. The zero-order valence-corrected chi connectivity index (χ0v) is 16.7. The van der Waals surface area contributed by atoms with E-state index in [1.165, 1.54) is 47.9 Å². The molecule has 1 nitrogen and oxygen atoms in total. The smallest absolute Gasteiger partial charge is 0.0721 e. The standard InChI is InChI=1S/C26H32O/c1-3-5-19-27-20-22-9-13-24(14-10-22)26-17-15-25(16-18-26)23-11-7-21(6-4-2)8-12-23/h3-14,25-26H,15-20H2,1-2H3/b5-3+,6-4-/t25-,26-. The molecule has 0 aromatic heterocycles. The lowest BCUT2D eigenvalue weighted by Gasteiger charge is -2.29. The second-order valence-corrected chi connectivity index (χ2v) is 7.54. The van der Waals surface area contributed by atoms with Crippen LogP contribution in [0, 0.1) is 0 Å². The summed E-state index contributed by atoms with van der Waals surface area (Å²) >= 11 is 0. The van der Waals surface area contributed by atoms with Crippen LogP contribution in [0.1, 0.15) is 73.6 Å². The Morgan fingerprint density at radius 1 is 0.778 bits per heavy atom. The number of allylic oxidation sites excluding steroid dienone is 2. The normalized spacial score (nSPS) is 20.5. The van der Waals surface area contributed by atoms with Crippen molar-refractivity contribution in [3.8, 4) is 0 Å². The third-order valence-corrected chi connectivity index (χ3v) is 5.66. The van der Waals surface area contributed by atoms with E-state index < -0.39 is 0 Å². The molecule has 0 atom stereocenters. The van der Waals surface area contributed by atoms with E-state index in [0.29, 0.717) is 19.1 Å². The maximum atomic E-state index is 5.64. The van der Waals surface area contributed by atoms with Gasteiger partial charge < -0.3 is 4.74 Å². The molecule has 3 rings (SSSR count). The van der Waals surface area contributed by atoms with Gasteiger partial charge in [0, 0.05) is 0 Å². The van der Waals surface area contributed by atoms with Crippen molar-refractivity contribution in [2.75, 3.05) is 6.61 Å². The molecular formula is C26H32O. The summed E-state index contributed by atoms with van der Waals surface area (Å²) in [7, 11) is 0. The summed E-state index contributed by atoms with van der Waals surface area (Å²) in [6.07, 6.45) is 13.5. The SMILES string of the molecule is C/C=C\c1ccc([C@H]2CC[C@H](c3ccc(COC/C=C/C)cc3)CC2)cc1. The summed E-state index contributed by atoms with van der Waals surface area (Å²) in [5.41, 5.74) is 5.56. The van der Waals surface area contributed by atoms with Gasteiger partial charge >= 0.3 is 0 Å². The molecule has 0 radical (unpaired) electrons. The summed E-state index contributed by atoms with van der Waals surface area (Å²) in [6, 6.07) is 18.2. The van der Waals surface area contributed by atoms with E-state index in [1.54, 1.807) is 0 Å². The highest BCUT2D eigenvalue weighted by atomic mass is 16.5. The van der Waals surface area contributed by atoms with Gasteiger partial charge in [-0.15, -0.1) is 0 Å². The minimum atomic E-state index is 0.692. The van der Waals surface area contributed by atoms with Gasteiger partial charge in [0.2, 0.25) is 0 Å². The molecule has 2 aromatic carbocycles. The van der Waals surface area contributed by atoms with Crippen LogP contribution in [0.15, 0.2) is 66.8 Å². The lowest BCUT2D eigenvalue weighted by Crippen LogP contribution is -2.12. The van der Waals surface area contributed by atoms with Gasteiger partial charge in [-0.25, -0.2) is 0 Å². The molecule has 0 bridgehead atoms. The van der Waals surface area contributed by atoms with Gasteiger partial charge in [0.15, 0.2) is 0 Å². The summed E-state index contributed by atoms with van der Waals surface area (Å²) in [4.78, 5) is 0. The predicted octanol–water partition coefficient (Wildman–Crippen LogP) is 7.25. The number of ether oxygens (including phenoxy) is 1. The van der Waals surface area contributed by atoms with E-state index in [4.69, 9.17) is 4.74 Å². The second-order valence-electron chi connectivity index (χ2n) is 7.54. The summed E-state index contributed by atoms with van der Waals surface area (Å²) in [5.74, 6) is 1.43. The molecule has 1 saturated carbocycles. The van der Waals surface area contributed by atoms with Crippen molar-refractivity contribution >= 4 is 6.08 Å². The van der Waals surface area contributed by atoms with Gasteiger partial charge in [-0.05, 0) is 73.6 Å². The number of hydrogen-bond acceptors (Lipinski definition) is 1. The lowest BCUT2D eigenvalue weighted by atomic mass is 9.76. The van der Waals surface area contributed by atoms with E-state index in [0.717, 1.165) is 5.92 Å². The van der Waals surface area contributed by atoms with E-state index in [-0.39, 0.29) is 0 Å². The van der Waals surface area contributed by atoms with Crippen LogP contribution in [-0.4, -0.2) is 6.61 Å². The van der Waals surface area contributed by atoms with Gasteiger partial charge in [0.25, 0.3) is 0 Å². The van der Waals surface area contributed by atoms with Crippen molar-refractivity contribution < 1.29 is 4.74 Å². The number of benzene rings is 2. The molecule has 1 aliphatic carbocycles. The van der Waals surface area contributed by atoms with Gasteiger partial charge in [0.1, 0.15) is 0 Å². The first-order valence-electron chi connectivity index (χ1n) is 10.3. The highest BCUT2D eigenvalue weighted by Crippen LogP contribution is 2.40. The fraction of sp³-hybridized carbons (Fsp3) is 0.385. The zero-order valence-electron chi connectivity index (χ0n) is 16.7. The number of rotatable bonds is 7. The molecule has 1 aliphatic rings. The first kappa shape index (κ1) is 19.6. The van der Waals surface area contributed by atoms with Crippen LogP contribution in [0.5, 0.6) is 0 Å². The third kappa shape index (κ3) is 5.68. The molecule has 0 heterocycles. The molecule has 0 amide bonds. The minimum Gasteiger partial charge on any atom is -0.373 e. The van der Waals surface area contributed by atoms with Gasteiger partial charge in [0.05, 0.1) is 13.2 Å². The zero-order chi connectivity index (χ0) is 18.9. The Kier molecular flexibility index (Phi) is 7.47. The van der Waals surface area contributed by atoms with Gasteiger partial charge in [-0.1, -0.05) is 72.8 Å². The quantitative estimate of drug-likeness (QED) is 0.373. The van der Waals surface area contributed by atoms with Crippen molar-refractivity contribution in [2.45, 2.75) is 58.0 Å². The van der Waals surface area contributed by atoms with Crippen LogP contribution in [0.4, 0.5) is 0 Å². The molecule has 1 fully saturated rings. The number of hydrogen-bond donors (Lipinski definition) is 0. The van der Waals surface area contributed by atoms with Crippen molar-refractivity contribution in [1.29, 1.82) is 0 Å². The fourth-order valence-electron chi connectivity index (χ4n) is 4.06. The second kappa shape index (κ2) is 10.3. The van der Waals surface area contributed by atoms with E-state index >= 15 is 0 Å². The fourth-order valence-corrected chi connectivity index (χ4v) is 4.06. The van der Waals surface area contributed by atoms with Gasteiger partial charge in [-0.3, -0.25) is 0 Å². The van der Waals surface area contributed by atoms with Crippen molar-refractivity contribution in [1.82, 2.24) is 0 Å². The van der Waals surface area contributed by atoms with Crippen LogP contribution in [0.25, 0.3) is 6.08 Å². The molecular weight excluding hydrogens is 328 g/mol. The molecule has 27 heavy (non-hydrogen) atoms. The Bertz CT molecular complexity index is 729. The van der Waals surface area contributed by atoms with Crippen LogP contribution in [0.3, 0.4) is 0 Å². The highest BCUT2D eigenvalue weighted by Gasteiger charge is 2.23. The molecule has 1 heteroatoms. The molecule has 0 spiro atoms. The molecule has 0 unspecified atom stereocenters. The monoisotopic (exact) mass is 360 g/mol. The van der Waals surface area contributed by atoms with Crippen LogP contribution >= 0.6 is 0 Å². The molecule has 0 saturated heterocycles. The Hall–Kier alpha value is -2.12. The average Bonchev–Trinajstić information content (AvgIpc) is 2.73. The maximum Gasteiger partial charge on any atom is 0.0721 e. The Balaban J connectivity index is 1.51. The van der Waals surface area contributed by atoms with E-state index in [2.05, 4.69) is 67.6 Å². The van der Waals surface area contributed by atoms with Crippen molar-refractivity contribution in [2.24, 2.45) is 0 Å². The lowest BCUT2D eigenvalue weighted by molar-refractivity contribution is 0.148. The Morgan fingerprint density at radius 2 is 1.33 bits per heavy atom. The van der Waals surface area contributed by atoms with E-state index in [9.17, 15) is 0 Å². The van der Waals surface area contributed by atoms with E-state index in [1.807, 2.05) is 19.1 Å². The summed E-state index contributed by atoms with van der Waals surface area (Å²) in [5, 5.41) is 0. The molecule has 2 aromatic rings. The molecule has 0 aliphatic heterocycles. The first-order valence-corrected chi connectivity index (χ1v) is 10.3. The topological polar surface area (TPSA) is 9.23 Å². The summed E-state index contributed by atoms with van der Waals surface area (Å²) < 4.78 is 5.64. The molecule has 0 N–H and O–H groups in total. The Labute approximate surface area is 164 Å². The minimum absolute atomic E-state index is 0.692. The largest absolute Gasteiger partial charge is 0.373 e. The Morgan fingerprint density at radius 3 is 1.85 bits per heavy atom. The van der Waals surface area contributed by atoms with Gasteiger partial charge in [-0.2, -0.15) is 0 Å². The van der Waals surface area contributed by atoms with Crippen LogP contribution in [-0.2, 0) is 11.3 Å². The maximum absolute atomic E-state index is 5.64.